The number of rotatable bonds is 3. The number of anilines is 1. The molecule has 0 atom stereocenters. The summed E-state index contributed by atoms with van der Waals surface area (Å²) in [6, 6.07) is 11.8. The maximum atomic E-state index is 6.07. The zero-order chi connectivity index (χ0) is 15.0. The Morgan fingerprint density at radius 1 is 1.24 bits per heavy atom. The van der Waals surface area contributed by atoms with E-state index in [1.54, 1.807) is 0 Å². The van der Waals surface area contributed by atoms with Crippen molar-refractivity contribution in [3.8, 4) is 5.69 Å². The number of hydrogen-bond acceptors (Lipinski definition) is 2. The quantitative estimate of drug-likeness (QED) is 0.496. The summed E-state index contributed by atoms with van der Waals surface area (Å²) >= 11 is 8.39. The zero-order valence-electron chi connectivity index (χ0n) is 11.6. The Morgan fingerprint density at radius 3 is 2.76 bits per heavy atom. The molecular formula is C16H15ClIN3. The van der Waals surface area contributed by atoms with Crippen molar-refractivity contribution < 1.29 is 0 Å². The fourth-order valence-corrected chi connectivity index (χ4v) is 3.58. The van der Waals surface area contributed by atoms with Crippen LogP contribution in [0.4, 0.5) is 5.69 Å². The number of aromatic nitrogens is 2. The van der Waals surface area contributed by atoms with E-state index in [0.717, 1.165) is 49.7 Å². The second kappa shape index (κ2) is 5.85. The fraction of sp³-hybridized carbons (Fsp3) is 0.188. The van der Waals surface area contributed by atoms with E-state index in [9.17, 15) is 0 Å². The van der Waals surface area contributed by atoms with E-state index in [0.29, 0.717) is 0 Å². The van der Waals surface area contributed by atoms with Crippen molar-refractivity contribution in [2.45, 2.75) is 19.8 Å². The maximum absolute atomic E-state index is 6.07. The minimum Gasteiger partial charge on any atom is -0.399 e. The van der Waals surface area contributed by atoms with Gasteiger partial charge in [0.15, 0.2) is 0 Å². The Balaban J connectivity index is 2.30. The van der Waals surface area contributed by atoms with Gasteiger partial charge in [0.2, 0.25) is 0 Å². The van der Waals surface area contributed by atoms with Gasteiger partial charge in [0.25, 0.3) is 0 Å². The van der Waals surface area contributed by atoms with Crippen LogP contribution in [0, 0.1) is 3.57 Å². The highest BCUT2D eigenvalue weighted by Gasteiger charge is 2.14. The summed E-state index contributed by atoms with van der Waals surface area (Å²) in [4.78, 5) is 4.75. The smallest absolute Gasteiger partial charge is 0.114 e. The van der Waals surface area contributed by atoms with E-state index in [-0.39, 0.29) is 0 Å². The predicted molar refractivity (Wildman–Crippen MR) is 97.2 cm³/mol. The van der Waals surface area contributed by atoms with Crippen molar-refractivity contribution in [2.75, 3.05) is 5.73 Å². The first-order valence-electron chi connectivity index (χ1n) is 6.82. The monoisotopic (exact) mass is 411 g/mol. The van der Waals surface area contributed by atoms with Crippen LogP contribution < -0.4 is 5.73 Å². The van der Waals surface area contributed by atoms with Gasteiger partial charge in [-0.15, -0.1) is 0 Å². The SMILES string of the molecule is CCCc1nc2cc(N)ccc2n1-c1ccc(Cl)cc1I. The molecule has 0 fully saturated rings. The lowest BCUT2D eigenvalue weighted by molar-refractivity contribution is 0.817. The number of nitrogen functional groups attached to an aromatic ring is 1. The van der Waals surface area contributed by atoms with Crippen molar-refractivity contribution >= 4 is 50.9 Å². The Kier molecular flexibility index (Phi) is 4.08. The van der Waals surface area contributed by atoms with Crippen molar-refractivity contribution in [1.29, 1.82) is 0 Å². The van der Waals surface area contributed by atoms with Gasteiger partial charge in [-0.25, -0.2) is 4.98 Å². The zero-order valence-corrected chi connectivity index (χ0v) is 14.5. The predicted octanol–water partition coefficient (Wildman–Crippen LogP) is 4.82. The van der Waals surface area contributed by atoms with Crippen molar-refractivity contribution in [2.24, 2.45) is 0 Å². The molecule has 3 aromatic rings. The molecule has 21 heavy (non-hydrogen) atoms. The molecule has 0 spiro atoms. The van der Waals surface area contributed by atoms with Gasteiger partial charge in [0, 0.05) is 20.7 Å². The Labute approximate surface area is 142 Å². The average molecular weight is 412 g/mol. The summed E-state index contributed by atoms with van der Waals surface area (Å²) in [6.45, 7) is 2.16. The van der Waals surface area contributed by atoms with Crippen molar-refractivity contribution in [3.63, 3.8) is 0 Å². The standard InChI is InChI=1S/C16H15ClIN3/c1-2-3-16-20-13-9-11(19)5-7-15(13)21(16)14-6-4-10(17)8-12(14)18/h4-9H,2-3,19H2,1H3. The maximum Gasteiger partial charge on any atom is 0.114 e. The highest BCUT2D eigenvalue weighted by molar-refractivity contribution is 14.1. The van der Waals surface area contributed by atoms with Crippen LogP contribution in [0.3, 0.4) is 0 Å². The molecule has 3 nitrogen and oxygen atoms in total. The van der Waals surface area contributed by atoms with Crippen LogP contribution in [-0.2, 0) is 6.42 Å². The first kappa shape index (κ1) is 14.7. The fourth-order valence-electron chi connectivity index (χ4n) is 2.47. The van der Waals surface area contributed by atoms with Gasteiger partial charge < -0.3 is 5.73 Å². The Hall–Kier alpha value is -1.27. The summed E-state index contributed by atoms with van der Waals surface area (Å²) in [5.74, 6) is 1.05. The highest BCUT2D eigenvalue weighted by Crippen LogP contribution is 2.28. The largest absolute Gasteiger partial charge is 0.399 e. The minimum absolute atomic E-state index is 0.737. The van der Waals surface area contributed by atoms with Crippen LogP contribution in [-0.4, -0.2) is 9.55 Å². The molecule has 0 amide bonds. The van der Waals surface area contributed by atoms with Crippen molar-refractivity contribution in [3.05, 3.63) is 50.8 Å². The molecule has 0 aliphatic carbocycles. The lowest BCUT2D eigenvalue weighted by Crippen LogP contribution is -2.03. The number of nitrogens with zero attached hydrogens (tertiary/aromatic N) is 2. The molecule has 0 bridgehead atoms. The van der Waals surface area contributed by atoms with Gasteiger partial charge in [-0.05, 0) is 65.4 Å². The third-order valence-electron chi connectivity index (χ3n) is 3.37. The molecule has 5 heteroatoms. The van der Waals surface area contributed by atoms with Gasteiger partial charge in [-0.1, -0.05) is 18.5 Å². The first-order valence-corrected chi connectivity index (χ1v) is 8.28. The topological polar surface area (TPSA) is 43.8 Å². The van der Waals surface area contributed by atoms with E-state index < -0.39 is 0 Å². The second-order valence-electron chi connectivity index (χ2n) is 4.96. The van der Waals surface area contributed by atoms with Crippen LogP contribution in [0.15, 0.2) is 36.4 Å². The molecule has 2 N–H and O–H groups in total. The van der Waals surface area contributed by atoms with Gasteiger partial charge in [0.1, 0.15) is 5.82 Å². The molecule has 0 saturated heterocycles. The van der Waals surface area contributed by atoms with Crippen LogP contribution >= 0.6 is 34.2 Å². The van der Waals surface area contributed by atoms with E-state index >= 15 is 0 Å². The number of fused-ring (bicyclic) bond motifs is 1. The number of nitrogens with two attached hydrogens (primary N) is 1. The molecular weight excluding hydrogens is 397 g/mol. The molecule has 1 aromatic heterocycles. The normalized spacial score (nSPS) is 11.2. The number of halogens is 2. The van der Waals surface area contributed by atoms with Crippen LogP contribution in [0.1, 0.15) is 19.2 Å². The Bertz CT molecular complexity index is 811. The van der Waals surface area contributed by atoms with Gasteiger partial charge >= 0.3 is 0 Å². The van der Waals surface area contributed by atoms with E-state index in [2.05, 4.69) is 34.1 Å². The van der Waals surface area contributed by atoms with Crippen LogP contribution in [0.5, 0.6) is 0 Å². The van der Waals surface area contributed by atoms with E-state index in [4.69, 9.17) is 22.3 Å². The summed E-state index contributed by atoms with van der Waals surface area (Å²) in [7, 11) is 0. The average Bonchev–Trinajstić information content (AvgIpc) is 2.76. The molecule has 0 aliphatic rings. The van der Waals surface area contributed by atoms with Crippen molar-refractivity contribution in [1.82, 2.24) is 9.55 Å². The first-order chi connectivity index (χ1) is 10.1. The van der Waals surface area contributed by atoms with Crippen LogP contribution in [0.25, 0.3) is 16.7 Å². The van der Waals surface area contributed by atoms with E-state index in [1.807, 2.05) is 36.4 Å². The van der Waals surface area contributed by atoms with Gasteiger partial charge in [-0.2, -0.15) is 0 Å². The Morgan fingerprint density at radius 2 is 2.05 bits per heavy atom. The molecule has 3 rings (SSSR count). The summed E-state index contributed by atoms with van der Waals surface area (Å²) in [5.41, 5.74) is 9.73. The molecule has 0 unspecified atom stereocenters. The number of hydrogen-bond donors (Lipinski definition) is 1. The third-order valence-corrected chi connectivity index (χ3v) is 4.47. The number of benzene rings is 2. The molecule has 108 valence electrons. The molecule has 0 radical (unpaired) electrons. The molecule has 0 saturated carbocycles. The minimum atomic E-state index is 0.737. The molecule has 1 heterocycles. The second-order valence-corrected chi connectivity index (χ2v) is 6.56. The summed E-state index contributed by atoms with van der Waals surface area (Å²) in [5, 5.41) is 0.744. The van der Waals surface area contributed by atoms with E-state index in [1.165, 1.54) is 0 Å². The number of aryl methyl sites for hydroxylation is 1. The lowest BCUT2D eigenvalue weighted by atomic mass is 10.2. The molecule has 2 aromatic carbocycles. The third kappa shape index (κ3) is 2.74. The lowest BCUT2D eigenvalue weighted by Gasteiger charge is -2.11. The van der Waals surface area contributed by atoms with Gasteiger partial charge in [-0.3, -0.25) is 4.57 Å². The highest BCUT2D eigenvalue weighted by atomic mass is 127. The number of imidazole rings is 1. The molecule has 0 aliphatic heterocycles. The van der Waals surface area contributed by atoms with Crippen LogP contribution in [0.2, 0.25) is 5.02 Å². The van der Waals surface area contributed by atoms with Gasteiger partial charge in [0.05, 0.1) is 16.7 Å². The summed E-state index contributed by atoms with van der Waals surface area (Å²) in [6.07, 6.45) is 1.97. The summed E-state index contributed by atoms with van der Waals surface area (Å²) < 4.78 is 3.31.